The number of ether oxygens (including phenoxy) is 2. The molecule has 1 aliphatic rings. The number of aldehydes is 1. The lowest BCUT2D eigenvalue weighted by Crippen LogP contribution is -2.21. The Balaban J connectivity index is 2.06. The Hall–Kier alpha value is -1.87. The van der Waals surface area contributed by atoms with Gasteiger partial charge >= 0.3 is 11.5 Å². The maximum atomic E-state index is 12.4. The Morgan fingerprint density at radius 2 is 2.17 bits per heavy atom. The van der Waals surface area contributed by atoms with Crippen molar-refractivity contribution in [1.29, 1.82) is 0 Å². The molecule has 0 amide bonds. The summed E-state index contributed by atoms with van der Waals surface area (Å²) >= 11 is 2.49. The Labute approximate surface area is 144 Å². The summed E-state index contributed by atoms with van der Waals surface area (Å²) < 4.78 is 34.4. The lowest BCUT2D eigenvalue weighted by Gasteiger charge is -2.27. The van der Waals surface area contributed by atoms with Gasteiger partial charge in [-0.25, -0.2) is 0 Å². The number of carbonyl (C=O) groups is 1. The number of hydrogen-bond acceptors (Lipinski definition) is 6. The standard InChI is InChI=1S/C15H13F2NO4S2/c1-21-10-4-7(2-3-9(10)22-14(16)17)11-8(5-19)6-23-13-12(11)24-15(20)18-13/h2-5,8,11,14H,6H2,1H3,(H,18,20)/t8-,11-/m1/s1. The highest BCUT2D eigenvalue weighted by Gasteiger charge is 2.34. The summed E-state index contributed by atoms with van der Waals surface area (Å²) in [6.07, 6.45) is 0.862. The first-order valence-corrected chi connectivity index (χ1v) is 8.77. The van der Waals surface area contributed by atoms with Crippen LogP contribution in [0.25, 0.3) is 0 Å². The van der Waals surface area contributed by atoms with Gasteiger partial charge in [0.05, 0.1) is 12.1 Å². The number of hydrogen-bond donors (Lipinski definition) is 1. The number of methoxy groups -OCH3 is 1. The number of benzene rings is 1. The molecule has 9 heteroatoms. The Kier molecular flexibility index (Phi) is 4.91. The van der Waals surface area contributed by atoms with Gasteiger partial charge in [-0.2, -0.15) is 8.78 Å². The molecule has 24 heavy (non-hydrogen) atoms. The molecular weight excluding hydrogens is 360 g/mol. The van der Waals surface area contributed by atoms with Crippen LogP contribution in [0.3, 0.4) is 0 Å². The van der Waals surface area contributed by atoms with Crippen LogP contribution in [-0.2, 0) is 4.79 Å². The van der Waals surface area contributed by atoms with E-state index >= 15 is 0 Å². The first kappa shape index (κ1) is 17.0. The van der Waals surface area contributed by atoms with Crippen molar-refractivity contribution in [2.24, 2.45) is 5.92 Å². The number of thiazole rings is 1. The summed E-state index contributed by atoms with van der Waals surface area (Å²) in [5, 5.41) is 0.750. The molecule has 3 rings (SSSR count). The molecule has 1 aromatic heterocycles. The molecule has 128 valence electrons. The van der Waals surface area contributed by atoms with E-state index in [2.05, 4.69) is 9.72 Å². The molecule has 1 aliphatic heterocycles. The third kappa shape index (κ3) is 3.18. The minimum absolute atomic E-state index is 0.0773. The zero-order valence-electron chi connectivity index (χ0n) is 12.5. The fourth-order valence-corrected chi connectivity index (χ4v) is 5.06. The van der Waals surface area contributed by atoms with Crippen molar-refractivity contribution in [2.75, 3.05) is 12.9 Å². The second kappa shape index (κ2) is 6.94. The largest absolute Gasteiger partial charge is 0.493 e. The van der Waals surface area contributed by atoms with Crippen LogP contribution in [0.4, 0.5) is 8.78 Å². The van der Waals surface area contributed by atoms with Gasteiger partial charge in [-0.05, 0) is 17.7 Å². The third-order valence-corrected chi connectivity index (χ3v) is 5.97. The van der Waals surface area contributed by atoms with E-state index in [0.717, 1.165) is 27.5 Å². The van der Waals surface area contributed by atoms with Crippen LogP contribution < -0.4 is 14.3 Å². The second-order valence-electron chi connectivity index (χ2n) is 5.09. The van der Waals surface area contributed by atoms with E-state index < -0.39 is 6.61 Å². The molecule has 0 saturated carbocycles. The van der Waals surface area contributed by atoms with Crippen molar-refractivity contribution in [3.63, 3.8) is 0 Å². The number of nitrogens with one attached hydrogen (secondary N) is 1. The molecule has 0 unspecified atom stereocenters. The van der Waals surface area contributed by atoms with Crippen LogP contribution in [0.15, 0.2) is 28.0 Å². The predicted molar refractivity (Wildman–Crippen MR) is 86.7 cm³/mol. The molecule has 1 aromatic carbocycles. The van der Waals surface area contributed by atoms with Crippen molar-refractivity contribution in [2.45, 2.75) is 17.6 Å². The minimum atomic E-state index is -2.96. The van der Waals surface area contributed by atoms with Gasteiger partial charge in [-0.1, -0.05) is 17.4 Å². The number of thioether (sulfide) groups is 1. The molecule has 2 heterocycles. The quantitative estimate of drug-likeness (QED) is 0.816. The molecule has 2 aromatic rings. The van der Waals surface area contributed by atoms with Gasteiger partial charge in [0.15, 0.2) is 11.5 Å². The number of fused-ring (bicyclic) bond motifs is 1. The van der Waals surface area contributed by atoms with Crippen LogP contribution in [0.1, 0.15) is 16.4 Å². The number of H-pyrrole nitrogens is 1. The van der Waals surface area contributed by atoms with Crippen molar-refractivity contribution in [1.82, 2.24) is 4.98 Å². The molecule has 0 radical (unpaired) electrons. The number of rotatable bonds is 5. The Morgan fingerprint density at radius 1 is 1.38 bits per heavy atom. The van der Waals surface area contributed by atoms with E-state index in [9.17, 15) is 18.4 Å². The van der Waals surface area contributed by atoms with E-state index in [0.29, 0.717) is 11.3 Å². The molecular formula is C15H13F2NO4S2. The first-order chi connectivity index (χ1) is 11.5. The minimum Gasteiger partial charge on any atom is -0.493 e. The zero-order chi connectivity index (χ0) is 17.3. The maximum absolute atomic E-state index is 12.4. The summed E-state index contributed by atoms with van der Waals surface area (Å²) in [7, 11) is 1.35. The lowest BCUT2D eigenvalue weighted by molar-refractivity contribution is -0.110. The van der Waals surface area contributed by atoms with E-state index in [1.165, 1.54) is 24.9 Å². The smallest absolute Gasteiger partial charge is 0.387 e. The zero-order valence-corrected chi connectivity index (χ0v) is 14.1. The fourth-order valence-electron chi connectivity index (χ4n) is 2.70. The highest BCUT2D eigenvalue weighted by molar-refractivity contribution is 7.99. The normalized spacial score (nSPS) is 19.8. The lowest BCUT2D eigenvalue weighted by atomic mass is 9.86. The number of aromatic amines is 1. The fraction of sp³-hybridized carbons (Fsp3) is 0.333. The van der Waals surface area contributed by atoms with Crippen molar-refractivity contribution < 1.29 is 23.0 Å². The summed E-state index contributed by atoms with van der Waals surface area (Å²) in [5.74, 6) is -0.0322. The van der Waals surface area contributed by atoms with E-state index in [1.54, 1.807) is 12.1 Å². The number of halogens is 2. The third-order valence-electron chi connectivity index (χ3n) is 3.71. The molecule has 0 aliphatic carbocycles. The number of alkyl halides is 2. The van der Waals surface area contributed by atoms with E-state index in [-0.39, 0.29) is 28.2 Å². The summed E-state index contributed by atoms with van der Waals surface area (Å²) in [6.45, 7) is -2.96. The van der Waals surface area contributed by atoms with E-state index in [1.807, 2.05) is 0 Å². The topological polar surface area (TPSA) is 68.4 Å². The van der Waals surface area contributed by atoms with Crippen LogP contribution in [0.5, 0.6) is 11.5 Å². The average molecular weight is 373 g/mol. The molecule has 2 atom stereocenters. The highest BCUT2D eigenvalue weighted by atomic mass is 32.2. The molecule has 0 bridgehead atoms. The monoisotopic (exact) mass is 373 g/mol. The van der Waals surface area contributed by atoms with Gasteiger partial charge in [-0.3, -0.25) is 4.79 Å². The summed E-state index contributed by atoms with van der Waals surface area (Å²) in [5.41, 5.74) is 0.711. The van der Waals surface area contributed by atoms with Gasteiger partial charge in [0.1, 0.15) is 6.29 Å². The first-order valence-electron chi connectivity index (χ1n) is 6.97. The maximum Gasteiger partial charge on any atom is 0.387 e. The van der Waals surface area contributed by atoms with Crippen LogP contribution >= 0.6 is 23.1 Å². The Morgan fingerprint density at radius 3 is 2.83 bits per heavy atom. The van der Waals surface area contributed by atoms with Crippen LogP contribution in [0.2, 0.25) is 0 Å². The van der Waals surface area contributed by atoms with Crippen LogP contribution in [0, 0.1) is 5.92 Å². The summed E-state index contributed by atoms with van der Waals surface area (Å²) in [4.78, 5) is 26.5. The van der Waals surface area contributed by atoms with Gasteiger partial charge in [0.2, 0.25) is 0 Å². The molecule has 5 nitrogen and oxygen atoms in total. The van der Waals surface area contributed by atoms with Crippen molar-refractivity contribution in [3.05, 3.63) is 38.3 Å². The van der Waals surface area contributed by atoms with Gasteiger partial charge < -0.3 is 19.3 Å². The molecule has 0 fully saturated rings. The molecule has 1 N–H and O–H groups in total. The van der Waals surface area contributed by atoms with E-state index in [4.69, 9.17) is 4.74 Å². The average Bonchev–Trinajstić information content (AvgIpc) is 2.94. The van der Waals surface area contributed by atoms with Crippen LogP contribution in [-0.4, -0.2) is 30.7 Å². The van der Waals surface area contributed by atoms with Crippen molar-refractivity contribution >= 4 is 29.4 Å². The second-order valence-corrected chi connectivity index (χ2v) is 7.13. The SMILES string of the molecule is COc1cc([C@H]2c3sc(=O)[nH]c3SC[C@H]2C=O)ccc1OC(F)F. The number of aromatic nitrogens is 1. The Bertz CT molecular complexity index is 805. The number of carbonyl (C=O) groups excluding carboxylic acids is 1. The van der Waals surface area contributed by atoms with Gasteiger partial charge in [0, 0.05) is 22.5 Å². The highest BCUT2D eigenvalue weighted by Crippen LogP contribution is 2.45. The molecule has 0 spiro atoms. The predicted octanol–water partition coefficient (Wildman–Crippen LogP) is 3.10. The van der Waals surface area contributed by atoms with Crippen molar-refractivity contribution in [3.8, 4) is 11.5 Å². The summed E-state index contributed by atoms with van der Waals surface area (Å²) in [6, 6.07) is 4.58. The molecule has 0 saturated heterocycles. The van der Waals surface area contributed by atoms with Gasteiger partial charge in [-0.15, -0.1) is 11.8 Å². The van der Waals surface area contributed by atoms with Gasteiger partial charge in [0.25, 0.3) is 0 Å².